The number of pyridine rings is 1. The lowest BCUT2D eigenvalue weighted by molar-refractivity contribution is 0.0696. The lowest BCUT2D eigenvalue weighted by Gasteiger charge is -2.08. The fourth-order valence-electron chi connectivity index (χ4n) is 0.914. The van der Waals surface area contributed by atoms with Crippen molar-refractivity contribution in [1.82, 2.24) is 4.98 Å². The standard InChI is InChI=1S/C8H11N3O2/c9-2-7(10)5-1-6(8(12)13)4-11-3-5/h1,3-4,7H,2,9-10H2,(H,12,13)/t7-/m1/s1. The molecule has 0 spiro atoms. The topological polar surface area (TPSA) is 102 Å². The molecule has 1 aromatic heterocycles. The predicted octanol–water partition coefficient (Wildman–Crippen LogP) is -0.262. The number of aromatic carboxylic acids is 1. The van der Waals surface area contributed by atoms with Crippen LogP contribution in [0.25, 0.3) is 0 Å². The summed E-state index contributed by atoms with van der Waals surface area (Å²) < 4.78 is 0. The Labute approximate surface area is 75.4 Å². The van der Waals surface area contributed by atoms with Crippen LogP contribution in [-0.2, 0) is 0 Å². The average Bonchev–Trinajstić information content (AvgIpc) is 2.17. The molecule has 0 aliphatic carbocycles. The Morgan fingerprint density at radius 1 is 1.62 bits per heavy atom. The van der Waals surface area contributed by atoms with Gasteiger partial charge < -0.3 is 16.6 Å². The van der Waals surface area contributed by atoms with Gasteiger partial charge in [-0.2, -0.15) is 0 Å². The van der Waals surface area contributed by atoms with E-state index in [0.29, 0.717) is 5.56 Å². The molecule has 0 saturated heterocycles. The molecule has 0 unspecified atom stereocenters. The highest BCUT2D eigenvalue weighted by atomic mass is 16.4. The Morgan fingerprint density at radius 2 is 2.31 bits per heavy atom. The molecule has 0 aliphatic rings. The van der Waals surface area contributed by atoms with Gasteiger partial charge in [0.05, 0.1) is 5.56 Å². The highest BCUT2D eigenvalue weighted by Gasteiger charge is 2.08. The molecular weight excluding hydrogens is 170 g/mol. The minimum atomic E-state index is -1.02. The second-order valence-electron chi connectivity index (χ2n) is 2.65. The molecule has 0 radical (unpaired) electrons. The zero-order chi connectivity index (χ0) is 9.84. The first kappa shape index (κ1) is 9.63. The van der Waals surface area contributed by atoms with Crippen LogP contribution in [0, 0.1) is 0 Å². The number of nitrogens with two attached hydrogens (primary N) is 2. The zero-order valence-electron chi connectivity index (χ0n) is 6.97. The molecule has 13 heavy (non-hydrogen) atoms. The summed E-state index contributed by atoms with van der Waals surface area (Å²) in [5, 5.41) is 8.65. The molecule has 1 aromatic rings. The van der Waals surface area contributed by atoms with Crippen molar-refractivity contribution < 1.29 is 9.90 Å². The number of hydrogen-bond donors (Lipinski definition) is 3. The molecular formula is C8H11N3O2. The van der Waals surface area contributed by atoms with Gasteiger partial charge in [-0.1, -0.05) is 0 Å². The van der Waals surface area contributed by atoms with Crippen LogP contribution in [0.2, 0.25) is 0 Å². The Bertz CT molecular complexity index is 314. The summed E-state index contributed by atoms with van der Waals surface area (Å²) in [7, 11) is 0. The van der Waals surface area contributed by atoms with E-state index in [1.54, 1.807) is 0 Å². The Kier molecular flexibility index (Phi) is 2.94. The van der Waals surface area contributed by atoms with E-state index < -0.39 is 5.97 Å². The summed E-state index contributed by atoms with van der Waals surface area (Å²) in [4.78, 5) is 14.3. The Hall–Kier alpha value is -1.46. The van der Waals surface area contributed by atoms with Crippen molar-refractivity contribution >= 4 is 5.97 Å². The summed E-state index contributed by atoms with van der Waals surface area (Å²) in [6.45, 7) is 0.269. The van der Waals surface area contributed by atoms with Gasteiger partial charge in [-0.25, -0.2) is 4.79 Å². The summed E-state index contributed by atoms with van der Waals surface area (Å²) in [5.41, 5.74) is 11.7. The molecule has 5 nitrogen and oxygen atoms in total. The van der Waals surface area contributed by atoms with Gasteiger partial charge in [0.25, 0.3) is 0 Å². The van der Waals surface area contributed by atoms with E-state index in [2.05, 4.69) is 4.98 Å². The van der Waals surface area contributed by atoms with E-state index >= 15 is 0 Å². The Balaban J connectivity index is 2.98. The lowest BCUT2D eigenvalue weighted by Crippen LogP contribution is -2.21. The average molecular weight is 181 g/mol. The molecule has 0 fully saturated rings. The van der Waals surface area contributed by atoms with Gasteiger partial charge in [0.2, 0.25) is 0 Å². The van der Waals surface area contributed by atoms with Crippen molar-refractivity contribution in [3.05, 3.63) is 29.6 Å². The van der Waals surface area contributed by atoms with Crippen molar-refractivity contribution in [3.8, 4) is 0 Å². The first-order valence-electron chi connectivity index (χ1n) is 3.79. The maximum atomic E-state index is 10.6. The fraction of sp³-hybridized carbons (Fsp3) is 0.250. The molecule has 0 saturated carbocycles. The second-order valence-corrected chi connectivity index (χ2v) is 2.65. The normalized spacial score (nSPS) is 12.5. The van der Waals surface area contributed by atoms with Gasteiger partial charge in [-0.05, 0) is 11.6 Å². The molecule has 1 rings (SSSR count). The van der Waals surface area contributed by atoms with Gasteiger partial charge >= 0.3 is 5.97 Å². The van der Waals surface area contributed by atoms with Crippen LogP contribution in [0.15, 0.2) is 18.5 Å². The Morgan fingerprint density at radius 3 is 2.85 bits per heavy atom. The van der Waals surface area contributed by atoms with Crippen LogP contribution < -0.4 is 11.5 Å². The van der Waals surface area contributed by atoms with Crippen LogP contribution >= 0.6 is 0 Å². The van der Waals surface area contributed by atoms with E-state index in [0.717, 1.165) is 0 Å². The van der Waals surface area contributed by atoms with Crippen LogP contribution in [-0.4, -0.2) is 22.6 Å². The maximum Gasteiger partial charge on any atom is 0.337 e. The van der Waals surface area contributed by atoms with E-state index in [1.807, 2.05) is 0 Å². The molecule has 1 atom stereocenters. The minimum absolute atomic E-state index is 0.126. The molecule has 1 heterocycles. The van der Waals surface area contributed by atoms with Crippen LogP contribution in [0.4, 0.5) is 0 Å². The third kappa shape index (κ3) is 2.24. The van der Waals surface area contributed by atoms with Gasteiger partial charge in [0, 0.05) is 25.0 Å². The SMILES string of the molecule is NC[C@@H](N)c1cncc(C(=O)O)c1. The van der Waals surface area contributed by atoms with Crippen molar-refractivity contribution in [1.29, 1.82) is 0 Å². The molecule has 0 aromatic carbocycles. The van der Waals surface area contributed by atoms with E-state index in [1.165, 1.54) is 18.5 Å². The summed E-state index contributed by atoms with van der Waals surface area (Å²) in [5.74, 6) is -1.02. The van der Waals surface area contributed by atoms with Crippen molar-refractivity contribution in [3.63, 3.8) is 0 Å². The number of rotatable bonds is 3. The van der Waals surface area contributed by atoms with Crippen LogP contribution in [0.3, 0.4) is 0 Å². The number of carboxylic acid groups (broad SMARTS) is 1. The van der Waals surface area contributed by atoms with Gasteiger partial charge in [0.1, 0.15) is 0 Å². The summed E-state index contributed by atoms with van der Waals surface area (Å²) >= 11 is 0. The van der Waals surface area contributed by atoms with Crippen LogP contribution in [0.1, 0.15) is 22.0 Å². The maximum absolute atomic E-state index is 10.6. The molecule has 5 N–H and O–H groups in total. The minimum Gasteiger partial charge on any atom is -0.478 e. The fourth-order valence-corrected chi connectivity index (χ4v) is 0.914. The van der Waals surface area contributed by atoms with Crippen molar-refractivity contribution in [2.75, 3.05) is 6.54 Å². The third-order valence-electron chi connectivity index (χ3n) is 1.69. The molecule has 0 amide bonds. The summed E-state index contributed by atoms with van der Waals surface area (Å²) in [6, 6.07) is 1.12. The van der Waals surface area contributed by atoms with Gasteiger partial charge in [-0.15, -0.1) is 0 Å². The monoisotopic (exact) mass is 181 g/mol. The number of carboxylic acids is 1. The lowest BCUT2D eigenvalue weighted by atomic mass is 10.1. The first-order valence-corrected chi connectivity index (χ1v) is 3.79. The first-order chi connectivity index (χ1) is 6.15. The van der Waals surface area contributed by atoms with Gasteiger partial charge in [0.15, 0.2) is 0 Å². The van der Waals surface area contributed by atoms with E-state index in [-0.39, 0.29) is 18.2 Å². The predicted molar refractivity (Wildman–Crippen MR) is 47.2 cm³/mol. The summed E-state index contributed by atoms with van der Waals surface area (Å²) in [6.07, 6.45) is 2.79. The number of aromatic nitrogens is 1. The number of carbonyl (C=O) groups is 1. The highest BCUT2D eigenvalue weighted by molar-refractivity contribution is 5.87. The van der Waals surface area contributed by atoms with E-state index in [4.69, 9.17) is 16.6 Å². The molecule has 5 heteroatoms. The molecule has 0 aliphatic heterocycles. The molecule has 70 valence electrons. The van der Waals surface area contributed by atoms with Crippen molar-refractivity contribution in [2.45, 2.75) is 6.04 Å². The largest absolute Gasteiger partial charge is 0.478 e. The van der Waals surface area contributed by atoms with Crippen LogP contribution in [0.5, 0.6) is 0 Å². The zero-order valence-corrected chi connectivity index (χ0v) is 6.97. The smallest absolute Gasteiger partial charge is 0.337 e. The molecule has 0 bridgehead atoms. The number of nitrogens with zero attached hydrogens (tertiary/aromatic N) is 1. The highest BCUT2D eigenvalue weighted by Crippen LogP contribution is 2.09. The number of hydrogen-bond acceptors (Lipinski definition) is 4. The van der Waals surface area contributed by atoms with Crippen molar-refractivity contribution in [2.24, 2.45) is 11.5 Å². The van der Waals surface area contributed by atoms with E-state index in [9.17, 15) is 4.79 Å². The second kappa shape index (κ2) is 3.97. The van der Waals surface area contributed by atoms with Gasteiger partial charge in [-0.3, -0.25) is 4.98 Å². The quantitative estimate of drug-likeness (QED) is 0.596. The third-order valence-corrected chi connectivity index (χ3v) is 1.69.